The molecule has 2 rings (SSSR count). The first kappa shape index (κ1) is 21.3. The van der Waals surface area contributed by atoms with Crippen LogP contribution in [0.15, 0.2) is 60.7 Å². The SMILES string of the molecule is CCOCCO.O=C(O)c1ccccc1.O=C(O)c1ccccc1. The van der Waals surface area contributed by atoms with Crippen LogP contribution in [0, 0.1) is 0 Å². The van der Waals surface area contributed by atoms with Gasteiger partial charge in [-0.2, -0.15) is 0 Å². The van der Waals surface area contributed by atoms with Crippen molar-refractivity contribution in [3.05, 3.63) is 71.8 Å². The van der Waals surface area contributed by atoms with Gasteiger partial charge < -0.3 is 20.1 Å². The van der Waals surface area contributed by atoms with E-state index in [0.29, 0.717) is 24.3 Å². The first-order valence-corrected chi connectivity index (χ1v) is 7.28. The molecule has 3 N–H and O–H groups in total. The van der Waals surface area contributed by atoms with Gasteiger partial charge in [0.1, 0.15) is 0 Å². The first-order chi connectivity index (χ1) is 11.5. The molecule has 0 bridgehead atoms. The Kier molecular flexibility index (Phi) is 12.4. The summed E-state index contributed by atoms with van der Waals surface area (Å²) in [5, 5.41) is 24.8. The van der Waals surface area contributed by atoms with Gasteiger partial charge in [-0.3, -0.25) is 0 Å². The molecule has 0 spiro atoms. The molecule has 0 saturated heterocycles. The molecule has 0 heterocycles. The first-order valence-electron chi connectivity index (χ1n) is 7.28. The zero-order chi connectivity index (χ0) is 18.2. The fourth-order valence-electron chi connectivity index (χ4n) is 1.37. The Labute approximate surface area is 141 Å². The molecule has 0 atom stereocenters. The van der Waals surface area contributed by atoms with E-state index in [-0.39, 0.29) is 6.61 Å². The van der Waals surface area contributed by atoms with Gasteiger partial charge in [-0.05, 0) is 31.2 Å². The van der Waals surface area contributed by atoms with E-state index in [9.17, 15) is 9.59 Å². The van der Waals surface area contributed by atoms with Crippen LogP contribution >= 0.6 is 0 Å². The van der Waals surface area contributed by atoms with E-state index in [1.807, 2.05) is 6.92 Å². The lowest BCUT2D eigenvalue weighted by Crippen LogP contribution is -1.96. The van der Waals surface area contributed by atoms with Crippen molar-refractivity contribution in [2.75, 3.05) is 19.8 Å². The van der Waals surface area contributed by atoms with Crippen LogP contribution in [0.4, 0.5) is 0 Å². The van der Waals surface area contributed by atoms with Gasteiger partial charge in [0.25, 0.3) is 0 Å². The number of hydrogen-bond donors (Lipinski definition) is 3. The largest absolute Gasteiger partial charge is 0.478 e. The third-order valence-corrected chi connectivity index (χ3v) is 2.48. The Balaban J connectivity index is 0.000000340. The van der Waals surface area contributed by atoms with Gasteiger partial charge in [-0.25, -0.2) is 9.59 Å². The molecule has 0 aliphatic carbocycles. The number of aliphatic hydroxyl groups is 1. The molecule has 6 nitrogen and oxygen atoms in total. The van der Waals surface area contributed by atoms with Crippen LogP contribution in [0.3, 0.4) is 0 Å². The highest BCUT2D eigenvalue weighted by Gasteiger charge is 1.97. The van der Waals surface area contributed by atoms with Gasteiger partial charge in [0.2, 0.25) is 0 Å². The summed E-state index contributed by atoms with van der Waals surface area (Å²) in [5.41, 5.74) is 0.662. The molecule has 0 aromatic heterocycles. The minimum absolute atomic E-state index is 0.133. The lowest BCUT2D eigenvalue weighted by atomic mass is 10.2. The maximum Gasteiger partial charge on any atom is 0.335 e. The smallest absolute Gasteiger partial charge is 0.335 e. The van der Waals surface area contributed by atoms with Gasteiger partial charge in [0.05, 0.1) is 24.3 Å². The van der Waals surface area contributed by atoms with Crippen LogP contribution in [0.2, 0.25) is 0 Å². The third kappa shape index (κ3) is 10.9. The Morgan fingerprint density at radius 3 is 1.38 bits per heavy atom. The fraction of sp³-hybridized carbons (Fsp3) is 0.222. The molecule has 0 radical (unpaired) electrons. The van der Waals surface area contributed by atoms with E-state index in [1.165, 1.54) is 0 Å². The molecule has 0 amide bonds. The van der Waals surface area contributed by atoms with Crippen LogP contribution in [-0.2, 0) is 4.74 Å². The predicted octanol–water partition coefficient (Wildman–Crippen LogP) is 2.78. The molecule has 2 aromatic carbocycles. The van der Waals surface area contributed by atoms with Crippen molar-refractivity contribution in [1.82, 2.24) is 0 Å². The number of carbonyl (C=O) groups is 2. The second-order valence-electron chi connectivity index (χ2n) is 4.26. The number of carboxylic acids is 2. The fourth-order valence-corrected chi connectivity index (χ4v) is 1.37. The molecule has 24 heavy (non-hydrogen) atoms. The van der Waals surface area contributed by atoms with E-state index in [0.717, 1.165) is 0 Å². The highest BCUT2D eigenvalue weighted by Crippen LogP contribution is 1.96. The van der Waals surface area contributed by atoms with Crippen LogP contribution < -0.4 is 0 Å². The molecule has 0 aliphatic rings. The quantitative estimate of drug-likeness (QED) is 0.726. The van der Waals surface area contributed by atoms with Gasteiger partial charge in [0, 0.05) is 6.61 Å². The second kappa shape index (κ2) is 13.9. The number of hydrogen-bond acceptors (Lipinski definition) is 4. The van der Waals surface area contributed by atoms with E-state index < -0.39 is 11.9 Å². The number of ether oxygens (including phenoxy) is 1. The predicted molar refractivity (Wildman–Crippen MR) is 90.4 cm³/mol. The summed E-state index contributed by atoms with van der Waals surface area (Å²) >= 11 is 0. The molecule has 6 heteroatoms. The van der Waals surface area contributed by atoms with Crippen molar-refractivity contribution >= 4 is 11.9 Å². The molecule has 0 fully saturated rings. The maximum atomic E-state index is 10.2. The lowest BCUT2D eigenvalue weighted by molar-refractivity contribution is 0.0686. The summed E-state index contributed by atoms with van der Waals surface area (Å²) in [7, 11) is 0. The van der Waals surface area contributed by atoms with Crippen molar-refractivity contribution in [3.8, 4) is 0 Å². The molecule has 0 unspecified atom stereocenters. The number of carboxylic acid groups (broad SMARTS) is 2. The molecule has 2 aromatic rings. The Hall–Kier alpha value is -2.70. The minimum atomic E-state index is -0.879. The number of aliphatic hydroxyl groups excluding tert-OH is 1. The van der Waals surface area contributed by atoms with Crippen molar-refractivity contribution < 1.29 is 29.6 Å². The molecule has 130 valence electrons. The molecular weight excluding hydrogens is 312 g/mol. The Morgan fingerprint density at radius 2 is 1.21 bits per heavy atom. The summed E-state index contributed by atoms with van der Waals surface area (Å²) in [5.74, 6) is -1.76. The highest BCUT2D eigenvalue weighted by atomic mass is 16.5. The summed E-state index contributed by atoms with van der Waals surface area (Å²) in [6.07, 6.45) is 0. The lowest BCUT2D eigenvalue weighted by Gasteiger charge is -1.91. The highest BCUT2D eigenvalue weighted by molar-refractivity contribution is 5.87. The molecule has 0 aliphatic heterocycles. The summed E-state index contributed by atoms with van der Waals surface area (Å²) in [4.78, 5) is 20.4. The van der Waals surface area contributed by atoms with Crippen LogP contribution in [-0.4, -0.2) is 47.1 Å². The normalized spacial score (nSPS) is 8.92. The van der Waals surface area contributed by atoms with Gasteiger partial charge in [-0.1, -0.05) is 36.4 Å². The van der Waals surface area contributed by atoms with Crippen molar-refractivity contribution in [1.29, 1.82) is 0 Å². The van der Waals surface area contributed by atoms with Crippen molar-refractivity contribution in [2.45, 2.75) is 6.92 Å². The average Bonchev–Trinajstić information content (AvgIpc) is 2.62. The standard InChI is InChI=1S/2C7H6O2.C4H10O2/c2*8-7(9)6-4-2-1-3-5-6;1-2-6-4-3-5/h2*1-5H,(H,8,9);5H,2-4H2,1H3. The Morgan fingerprint density at radius 1 is 0.833 bits per heavy atom. The minimum Gasteiger partial charge on any atom is -0.478 e. The average molecular weight is 334 g/mol. The van der Waals surface area contributed by atoms with Crippen LogP contribution in [0.25, 0.3) is 0 Å². The van der Waals surface area contributed by atoms with Gasteiger partial charge >= 0.3 is 11.9 Å². The number of rotatable bonds is 5. The van der Waals surface area contributed by atoms with Crippen LogP contribution in [0.1, 0.15) is 27.6 Å². The second-order valence-corrected chi connectivity index (χ2v) is 4.26. The monoisotopic (exact) mass is 334 g/mol. The summed E-state index contributed by atoms with van der Waals surface area (Å²) in [6, 6.07) is 16.6. The van der Waals surface area contributed by atoms with E-state index in [4.69, 9.17) is 20.1 Å². The number of aromatic carboxylic acids is 2. The summed E-state index contributed by atoms with van der Waals surface area (Å²) in [6.45, 7) is 3.20. The van der Waals surface area contributed by atoms with Gasteiger partial charge in [-0.15, -0.1) is 0 Å². The zero-order valence-electron chi connectivity index (χ0n) is 13.5. The van der Waals surface area contributed by atoms with Crippen molar-refractivity contribution in [2.24, 2.45) is 0 Å². The van der Waals surface area contributed by atoms with Gasteiger partial charge in [0.15, 0.2) is 0 Å². The molecular formula is C18H22O6. The van der Waals surface area contributed by atoms with E-state index in [1.54, 1.807) is 60.7 Å². The third-order valence-electron chi connectivity index (χ3n) is 2.48. The van der Waals surface area contributed by atoms with E-state index in [2.05, 4.69) is 0 Å². The van der Waals surface area contributed by atoms with E-state index >= 15 is 0 Å². The molecule has 0 saturated carbocycles. The maximum absolute atomic E-state index is 10.2. The zero-order valence-corrected chi connectivity index (χ0v) is 13.5. The summed E-state index contributed by atoms with van der Waals surface area (Å²) < 4.78 is 4.73. The van der Waals surface area contributed by atoms with Crippen LogP contribution in [0.5, 0.6) is 0 Å². The van der Waals surface area contributed by atoms with Crippen molar-refractivity contribution in [3.63, 3.8) is 0 Å². The number of benzene rings is 2. The Bertz CT molecular complexity index is 515. The topological polar surface area (TPSA) is 104 Å².